The van der Waals surface area contributed by atoms with Gasteiger partial charge in [0.05, 0.1) is 19.8 Å². The molecule has 1 atom stereocenters. The summed E-state index contributed by atoms with van der Waals surface area (Å²) in [6, 6.07) is 6.64. The topological polar surface area (TPSA) is 125 Å². The van der Waals surface area contributed by atoms with Crippen molar-refractivity contribution in [1.29, 1.82) is 0 Å². The van der Waals surface area contributed by atoms with Crippen molar-refractivity contribution in [3.05, 3.63) is 52.6 Å². The molecule has 1 aliphatic carbocycles. The minimum atomic E-state index is -1.84. The van der Waals surface area contributed by atoms with Gasteiger partial charge in [-0.15, -0.1) is 0 Å². The van der Waals surface area contributed by atoms with Crippen molar-refractivity contribution in [1.82, 2.24) is 0 Å². The number of hydrogen-bond donors (Lipinski definition) is 1. The van der Waals surface area contributed by atoms with E-state index in [0.717, 1.165) is 7.11 Å². The Labute approximate surface area is 172 Å². The second-order valence-electron chi connectivity index (χ2n) is 7.15. The van der Waals surface area contributed by atoms with E-state index in [4.69, 9.17) is 19.9 Å². The number of anilines is 1. The number of allylic oxidation sites excluding steroid dienone is 1. The molecular weight excluding hydrogens is 392 g/mol. The third-order valence-corrected chi connectivity index (χ3v) is 5.69. The van der Waals surface area contributed by atoms with Gasteiger partial charge in [-0.05, 0) is 12.5 Å². The Hall–Kier alpha value is -3.62. The van der Waals surface area contributed by atoms with Gasteiger partial charge in [-0.25, -0.2) is 9.59 Å². The van der Waals surface area contributed by atoms with Crippen LogP contribution in [0.15, 0.2) is 47.0 Å². The number of nitrogens with zero attached hydrogens (tertiary/aromatic N) is 1. The Kier molecular flexibility index (Phi) is 4.60. The zero-order valence-electron chi connectivity index (χ0n) is 16.5. The molecule has 0 radical (unpaired) electrons. The molecule has 1 spiro atoms. The third-order valence-electron chi connectivity index (χ3n) is 5.69. The van der Waals surface area contributed by atoms with Crippen LogP contribution >= 0.6 is 0 Å². The number of carbonyl (C=O) groups excluding carboxylic acids is 4. The Bertz CT molecular complexity index is 1060. The fourth-order valence-corrected chi connectivity index (χ4v) is 4.44. The number of ether oxygens (including phenoxy) is 3. The molecule has 9 nitrogen and oxygen atoms in total. The van der Waals surface area contributed by atoms with E-state index >= 15 is 0 Å². The third kappa shape index (κ3) is 2.47. The molecule has 2 aliphatic heterocycles. The van der Waals surface area contributed by atoms with Gasteiger partial charge in [0.25, 0.3) is 0 Å². The van der Waals surface area contributed by atoms with Crippen LogP contribution in [0.2, 0.25) is 0 Å². The lowest BCUT2D eigenvalue weighted by Crippen LogP contribution is -2.51. The predicted octanol–water partition coefficient (Wildman–Crippen LogP) is 0.825. The van der Waals surface area contributed by atoms with Crippen LogP contribution in [0.5, 0.6) is 0 Å². The predicted molar refractivity (Wildman–Crippen MR) is 103 cm³/mol. The van der Waals surface area contributed by atoms with Crippen molar-refractivity contribution in [2.75, 3.05) is 25.7 Å². The molecule has 2 N–H and O–H groups in total. The van der Waals surface area contributed by atoms with Gasteiger partial charge in [0.15, 0.2) is 11.2 Å². The summed E-state index contributed by atoms with van der Waals surface area (Å²) in [5.74, 6) is -2.48. The van der Waals surface area contributed by atoms with Crippen molar-refractivity contribution in [3.63, 3.8) is 0 Å². The first-order valence-corrected chi connectivity index (χ1v) is 9.39. The van der Waals surface area contributed by atoms with E-state index < -0.39 is 23.3 Å². The molecule has 9 heteroatoms. The van der Waals surface area contributed by atoms with Gasteiger partial charge >= 0.3 is 17.9 Å². The average molecular weight is 412 g/mol. The SMILES string of the molecule is COC(=O)CN1C(N)=C(C(=O)OC)[C@@]2(C(=O)OC3=C2C(=O)CCC3)c2ccccc21. The highest BCUT2D eigenvalue weighted by Gasteiger charge is 2.63. The number of fused-ring (bicyclic) bond motifs is 3. The number of methoxy groups -OCH3 is 2. The van der Waals surface area contributed by atoms with Gasteiger partial charge in [0.1, 0.15) is 23.7 Å². The van der Waals surface area contributed by atoms with Gasteiger partial charge in [-0.1, -0.05) is 18.2 Å². The van der Waals surface area contributed by atoms with Crippen LogP contribution in [0.1, 0.15) is 24.8 Å². The largest absolute Gasteiger partial charge is 0.468 e. The molecule has 3 aliphatic rings. The molecule has 156 valence electrons. The smallest absolute Gasteiger partial charge is 0.339 e. The van der Waals surface area contributed by atoms with E-state index in [2.05, 4.69) is 0 Å². The second kappa shape index (κ2) is 7.01. The standard InChI is InChI=1S/C21H20N2O7/c1-28-15(25)10-23-12-7-4-3-6-11(12)21(17(18(23)22)19(26)29-2)16-13(24)8-5-9-14(16)30-20(21)27/h3-4,6-7H,5,8-10,22H2,1-2H3/t21-/m1/s1. The highest BCUT2D eigenvalue weighted by atomic mass is 16.5. The molecule has 2 heterocycles. The zero-order valence-corrected chi connectivity index (χ0v) is 16.5. The van der Waals surface area contributed by atoms with Gasteiger partial charge in [-0.3, -0.25) is 9.59 Å². The first-order chi connectivity index (χ1) is 14.4. The number of Topliss-reactive ketones (excluding diaryl/α,β-unsaturated/α-hetero) is 1. The van der Waals surface area contributed by atoms with Crippen LogP contribution in [-0.2, 0) is 38.8 Å². The van der Waals surface area contributed by atoms with Gasteiger partial charge < -0.3 is 24.8 Å². The quantitative estimate of drug-likeness (QED) is 0.567. The summed E-state index contributed by atoms with van der Waals surface area (Å²) in [5, 5.41) is 0. The van der Waals surface area contributed by atoms with Crippen LogP contribution in [0.4, 0.5) is 5.69 Å². The maximum Gasteiger partial charge on any atom is 0.339 e. The molecule has 0 unspecified atom stereocenters. The number of rotatable bonds is 3. The minimum Gasteiger partial charge on any atom is -0.468 e. The summed E-state index contributed by atoms with van der Waals surface area (Å²) in [5.41, 5.74) is 5.12. The number of carbonyl (C=O) groups is 4. The number of para-hydroxylation sites is 1. The van der Waals surface area contributed by atoms with E-state index in [1.807, 2.05) is 0 Å². The zero-order chi connectivity index (χ0) is 21.6. The number of esters is 3. The Morgan fingerprint density at radius 3 is 2.60 bits per heavy atom. The number of nitrogens with two attached hydrogens (primary N) is 1. The van der Waals surface area contributed by atoms with E-state index in [0.29, 0.717) is 24.1 Å². The molecule has 0 fully saturated rings. The first kappa shape index (κ1) is 19.7. The van der Waals surface area contributed by atoms with E-state index in [1.165, 1.54) is 12.0 Å². The summed E-state index contributed by atoms with van der Waals surface area (Å²) in [6.45, 7) is -0.301. The van der Waals surface area contributed by atoms with Crippen molar-refractivity contribution < 1.29 is 33.4 Å². The second-order valence-corrected chi connectivity index (χ2v) is 7.15. The lowest BCUT2D eigenvalue weighted by Gasteiger charge is -2.41. The molecule has 0 saturated heterocycles. The average Bonchev–Trinajstić information content (AvgIpc) is 3.04. The van der Waals surface area contributed by atoms with Crippen molar-refractivity contribution in [3.8, 4) is 0 Å². The highest BCUT2D eigenvalue weighted by Crippen LogP contribution is 2.55. The normalized spacial score (nSPS) is 22.7. The van der Waals surface area contributed by atoms with Crippen molar-refractivity contribution in [2.45, 2.75) is 24.7 Å². The van der Waals surface area contributed by atoms with Crippen LogP contribution in [0.3, 0.4) is 0 Å². The summed E-state index contributed by atoms with van der Waals surface area (Å²) in [6.07, 6.45) is 1.17. The van der Waals surface area contributed by atoms with Crippen LogP contribution in [-0.4, -0.2) is 44.5 Å². The fourth-order valence-electron chi connectivity index (χ4n) is 4.44. The minimum absolute atomic E-state index is 0.118. The maximum absolute atomic E-state index is 13.4. The molecule has 1 aromatic rings. The van der Waals surface area contributed by atoms with Gasteiger partial charge in [0.2, 0.25) is 0 Å². The van der Waals surface area contributed by atoms with Crippen LogP contribution in [0, 0.1) is 0 Å². The summed E-state index contributed by atoms with van der Waals surface area (Å²) in [4.78, 5) is 52.7. The number of benzene rings is 1. The molecular formula is C21H20N2O7. The first-order valence-electron chi connectivity index (χ1n) is 9.39. The Morgan fingerprint density at radius 1 is 1.17 bits per heavy atom. The molecule has 1 aromatic carbocycles. The number of hydrogen-bond acceptors (Lipinski definition) is 9. The lowest BCUT2D eigenvalue weighted by atomic mass is 9.64. The van der Waals surface area contributed by atoms with Crippen molar-refractivity contribution in [2.24, 2.45) is 5.73 Å². The summed E-state index contributed by atoms with van der Waals surface area (Å²) in [7, 11) is 2.38. The van der Waals surface area contributed by atoms with Crippen LogP contribution < -0.4 is 10.6 Å². The van der Waals surface area contributed by atoms with Crippen LogP contribution in [0.25, 0.3) is 0 Å². The van der Waals surface area contributed by atoms with E-state index in [9.17, 15) is 19.2 Å². The maximum atomic E-state index is 13.4. The van der Waals surface area contributed by atoms with Crippen molar-refractivity contribution >= 4 is 29.4 Å². The van der Waals surface area contributed by atoms with E-state index in [1.54, 1.807) is 24.3 Å². The van der Waals surface area contributed by atoms with Gasteiger partial charge in [0, 0.05) is 24.1 Å². The summed E-state index contributed by atoms with van der Waals surface area (Å²) < 4.78 is 15.2. The summed E-state index contributed by atoms with van der Waals surface area (Å²) >= 11 is 0. The molecule has 0 aromatic heterocycles. The fraction of sp³-hybridized carbons (Fsp3) is 0.333. The Balaban J connectivity index is 2.08. The lowest BCUT2D eigenvalue weighted by molar-refractivity contribution is -0.145. The highest BCUT2D eigenvalue weighted by molar-refractivity contribution is 6.18. The molecule has 0 bridgehead atoms. The van der Waals surface area contributed by atoms with Gasteiger partial charge in [-0.2, -0.15) is 0 Å². The molecule has 30 heavy (non-hydrogen) atoms. The molecule has 0 amide bonds. The van der Waals surface area contributed by atoms with E-state index in [-0.39, 0.29) is 41.5 Å². The monoisotopic (exact) mass is 412 g/mol. The molecule has 4 rings (SSSR count). The Morgan fingerprint density at radius 2 is 1.90 bits per heavy atom. The number of ketones is 1. The molecule has 0 saturated carbocycles.